The molecule has 0 aliphatic heterocycles. The summed E-state index contributed by atoms with van der Waals surface area (Å²) < 4.78 is 13.9. The van der Waals surface area contributed by atoms with Crippen LogP contribution in [0.5, 0.6) is 0 Å². The van der Waals surface area contributed by atoms with E-state index in [0.29, 0.717) is 18.7 Å². The van der Waals surface area contributed by atoms with Gasteiger partial charge in [-0.15, -0.1) is 0 Å². The highest BCUT2D eigenvalue weighted by atomic mass is 32.1. The Morgan fingerprint density at radius 3 is 2.60 bits per heavy atom. The van der Waals surface area contributed by atoms with Crippen molar-refractivity contribution in [3.05, 3.63) is 57.5 Å². The van der Waals surface area contributed by atoms with Gasteiger partial charge >= 0.3 is 0 Å². The first kappa shape index (κ1) is 19.4. The van der Waals surface area contributed by atoms with Crippen molar-refractivity contribution < 1.29 is 4.39 Å². The van der Waals surface area contributed by atoms with Crippen LogP contribution in [-0.2, 0) is 19.6 Å². The van der Waals surface area contributed by atoms with E-state index in [4.69, 9.17) is 4.99 Å². The smallest absolute Gasteiger partial charge is 0.194 e. The molecule has 1 aromatic heterocycles. The number of hydrogen-bond donors (Lipinski definition) is 1. The van der Waals surface area contributed by atoms with Crippen LogP contribution in [0.1, 0.15) is 23.6 Å². The summed E-state index contributed by atoms with van der Waals surface area (Å²) in [6.45, 7) is 4.78. The summed E-state index contributed by atoms with van der Waals surface area (Å²) in [5, 5.41) is 7.55. The molecule has 2 rings (SSSR count). The van der Waals surface area contributed by atoms with Crippen LogP contribution < -0.4 is 5.32 Å². The molecule has 0 aliphatic carbocycles. The average Bonchev–Trinajstić information content (AvgIpc) is 3.06. The zero-order valence-corrected chi connectivity index (χ0v) is 16.2. The van der Waals surface area contributed by atoms with Crippen molar-refractivity contribution in [3.63, 3.8) is 0 Å². The van der Waals surface area contributed by atoms with Crippen LogP contribution in [0.25, 0.3) is 0 Å². The van der Waals surface area contributed by atoms with Crippen LogP contribution in [-0.4, -0.2) is 43.4 Å². The van der Waals surface area contributed by atoms with Gasteiger partial charge in [0.2, 0.25) is 0 Å². The molecule has 0 atom stereocenters. The van der Waals surface area contributed by atoms with Crippen molar-refractivity contribution in [1.82, 2.24) is 15.1 Å². The molecule has 2 aromatic rings. The molecule has 1 N–H and O–H groups in total. The molecule has 0 fully saturated rings. The number of nitrogens with one attached hydrogen (secondary N) is 1. The van der Waals surface area contributed by atoms with Gasteiger partial charge in [-0.3, -0.25) is 0 Å². The first-order chi connectivity index (χ1) is 12.0. The fourth-order valence-electron chi connectivity index (χ4n) is 2.56. The maximum Gasteiger partial charge on any atom is 0.194 e. The molecule has 1 heterocycles. The number of benzene rings is 1. The van der Waals surface area contributed by atoms with Crippen molar-refractivity contribution in [3.8, 4) is 0 Å². The Morgan fingerprint density at radius 2 is 1.96 bits per heavy atom. The van der Waals surface area contributed by atoms with E-state index >= 15 is 0 Å². The van der Waals surface area contributed by atoms with E-state index in [-0.39, 0.29) is 5.82 Å². The van der Waals surface area contributed by atoms with Gasteiger partial charge in [0.1, 0.15) is 5.82 Å². The predicted molar refractivity (Wildman–Crippen MR) is 104 cm³/mol. The van der Waals surface area contributed by atoms with Crippen molar-refractivity contribution in [2.75, 3.05) is 27.7 Å². The van der Waals surface area contributed by atoms with E-state index in [1.165, 1.54) is 11.6 Å². The third-order valence-electron chi connectivity index (χ3n) is 3.70. The van der Waals surface area contributed by atoms with Crippen LogP contribution >= 0.6 is 11.3 Å². The number of hydrogen-bond acceptors (Lipinski definition) is 3. The second kappa shape index (κ2) is 9.53. The number of rotatable bonds is 7. The van der Waals surface area contributed by atoms with Gasteiger partial charge in [-0.2, -0.15) is 11.3 Å². The first-order valence-corrected chi connectivity index (χ1v) is 9.36. The van der Waals surface area contributed by atoms with Gasteiger partial charge in [-0.25, -0.2) is 9.38 Å². The highest BCUT2D eigenvalue weighted by Gasteiger charge is 2.08. The monoisotopic (exact) mass is 362 g/mol. The third-order valence-corrected chi connectivity index (χ3v) is 4.44. The highest BCUT2D eigenvalue weighted by molar-refractivity contribution is 7.07. The predicted octanol–water partition coefficient (Wildman–Crippen LogP) is 3.55. The third kappa shape index (κ3) is 6.14. The summed E-state index contributed by atoms with van der Waals surface area (Å²) in [5.74, 6) is 0.690. The Kier molecular flexibility index (Phi) is 7.40. The molecule has 6 heteroatoms. The average molecular weight is 363 g/mol. The topological polar surface area (TPSA) is 30.9 Å². The van der Waals surface area contributed by atoms with Crippen LogP contribution in [0.4, 0.5) is 4.39 Å². The summed E-state index contributed by atoms with van der Waals surface area (Å²) >= 11 is 1.70. The van der Waals surface area contributed by atoms with Gasteiger partial charge < -0.3 is 15.1 Å². The summed E-state index contributed by atoms with van der Waals surface area (Å²) in [6, 6.07) is 7.37. The number of guanidine groups is 1. The Labute approximate surface area is 154 Å². The molecule has 4 nitrogen and oxygen atoms in total. The van der Waals surface area contributed by atoms with Crippen LogP contribution in [0, 0.1) is 5.82 Å². The molecule has 0 saturated heterocycles. The van der Waals surface area contributed by atoms with E-state index in [1.54, 1.807) is 17.4 Å². The standard InChI is InChI=1S/C19H27FN4S/c1-5-21-19(24(4)12-16-8-9-25-14-16)22-11-15-6-7-18(20)17(10-15)13-23(2)3/h6-10,14H,5,11-13H2,1-4H3,(H,21,22). The lowest BCUT2D eigenvalue weighted by Crippen LogP contribution is -2.38. The Hall–Kier alpha value is -1.92. The SMILES string of the molecule is CCNC(=NCc1ccc(F)c(CN(C)C)c1)N(C)Cc1ccsc1. The molecule has 0 unspecified atom stereocenters. The number of aliphatic imine (C=N–C) groups is 1. The fourth-order valence-corrected chi connectivity index (χ4v) is 3.22. The minimum Gasteiger partial charge on any atom is -0.357 e. The molecule has 136 valence electrons. The number of thiophene rings is 1. The lowest BCUT2D eigenvalue weighted by Gasteiger charge is -2.21. The Bertz CT molecular complexity index is 683. The molecule has 25 heavy (non-hydrogen) atoms. The maximum absolute atomic E-state index is 13.9. The van der Waals surface area contributed by atoms with Crippen LogP contribution in [0.15, 0.2) is 40.0 Å². The molecule has 0 bridgehead atoms. The number of halogens is 1. The summed E-state index contributed by atoms with van der Waals surface area (Å²) in [7, 11) is 5.90. The zero-order valence-electron chi connectivity index (χ0n) is 15.4. The minimum absolute atomic E-state index is 0.164. The fraction of sp³-hybridized carbons (Fsp3) is 0.421. The van der Waals surface area contributed by atoms with Gasteiger partial charge in [-0.05, 0) is 61.1 Å². The van der Waals surface area contributed by atoms with Crippen molar-refractivity contribution in [1.29, 1.82) is 0 Å². The summed E-state index contributed by atoms with van der Waals surface area (Å²) in [6.07, 6.45) is 0. The highest BCUT2D eigenvalue weighted by Crippen LogP contribution is 2.14. The zero-order chi connectivity index (χ0) is 18.2. The largest absolute Gasteiger partial charge is 0.357 e. The molecule has 0 saturated carbocycles. The van der Waals surface area contributed by atoms with Crippen molar-refractivity contribution in [2.45, 2.75) is 26.6 Å². The van der Waals surface area contributed by atoms with Gasteiger partial charge in [0, 0.05) is 32.2 Å². The molecule has 0 radical (unpaired) electrons. The molecule has 0 spiro atoms. The van der Waals surface area contributed by atoms with E-state index in [1.807, 2.05) is 32.1 Å². The van der Waals surface area contributed by atoms with E-state index in [0.717, 1.165) is 24.6 Å². The number of nitrogens with zero attached hydrogens (tertiary/aromatic N) is 3. The quantitative estimate of drug-likeness (QED) is 0.604. The van der Waals surface area contributed by atoms with Crippen molar-refractivity contribution >= 4 is 17.3 Å². The molecule has 0 amide bonds. The lowest BCUT2D eigenvalue weighted by atomic mass is 10.1. The Balaban J connectivity index is 2.09. The van der Waals surface area contributed by atoms with Gasteiger partial charge in [0.25, 0.3) is 0 Å². The maximum atomic E-state index is 13.9. The summed E-state index contributed by atoms with van der Waals surface area (Å²) in [4.78, 5) is 8.78. The lowest BCUT2D eigenvalue weighted by molar-refractivity contribution is 0.392. The second-order valence-electron chi connectivity index (χ2n) is 6.32. The van der Waals surface area contributed by atoms with E-state index in [2.05, 4.69) is 34.0 Å². The van der Waals surface area contributed by atoms with Crippen LogP contribution in [0.2, 0.25) is 0 Å². The summed E-state index contributed by atoms with van der Waals surface area (Å²) in [5.41, 5.74) is 2.99. The van der Waals surface area contributed by atoms with Crippen LogP contribution in [0.3, 0.4) is 0 Å². The van der Waals surface area contributed by atoms with Gasteiger partial charge in [-0.1, -0.05) is 6.07 Å². The molecular weight excluding hydrogens is 335 g/mol. The molecule has 0 aliphatic rings. The normalized spacial score (nSPS) is 11.8. The van der Waals surface area contributed by atoms with Gasteiger partial charge in [0.05, 0.1) is 6.54 Å². The molecule has 1 aromatic carbocycles. The van der Waals surface area contributed by atoms with Crippen molar-refractivity contribution in [2.24, 2.45) is 4.99 Å². The molecular formula is C19H27FN4S. The first-order valence-electron chi connectivity index (χ1n) is 8.42. The van der Waals surface area contributed by atoms with E-state index in [9.17, 15) is 4.39 Å². The Morgan fingerprint density at radius 1 is 1.16 bits per heavy atom. The minimum atomic E-state index is -0.164. The second-order valence-corrected chi connectivity index (χ2v) is 7.10. The van der Waals surface area contributed by atoms with E-state index < -0.39 is 0 Å². The van der Waals surface area contributed by atoms with Gasteiger partial charge in [0.15, 0.2) is 5.96 Å².